The van der Waals surface area contributed by atoms with E-state index in [0.29, 0.717) is 32.7 Å². The van der Waals surface area contributed by atoms with Crippen LogP contribution in [0.5, 0.6) is 0 Å². The minimum atomic E-state index is -3.46. The molecule has 9 heteroatoms. The molecular formula is C24H30N4O4S. The standard InChI is InChI=1S/C24H30N4O4S/c29-23(26-17-20-4-8-21(9-5-20)27-15-12-25-24(30)18-27)16-19-6-10-22(11-7-19)33(31,32)28-13-2-1-3-14-28/h4-11H,1-3,12-18H2,(H,25,30)(H,26,29). The highest BCUT2D eigenvalue weighted by Crippen LogP contribution is 2.21. The van der Waals surface area contributed by atoms with Crippen molar-refractivity contribution in [2.45, 2.75) is 37.1 Å². The summed E-state index contributed by atoms with van der Waals surface area (Å²) in [5.74, 6) is -0.104. The molecule has 2 aliphatic rings. The Labute approximate surface area is 195 Å². The number of carbonyl (C=O) groups excluding carboxylic acids is 2. The van der Waals surface area contributed by atoms with E-state index in [1.54, 1.807) is 28.6 Å². The maximum absolute atomic E-state index is 12.7. The van der Waals surface area contributed by atoms with Gasteiger partial charge in [-0.15, -0.1) is 0 Å². The molecule has 4 rings (SSSR count). The fraction of sp³-hybridized carbons (Fsp3) is 0.417. The summed E-state index contributed by atoms with van der Waals surface area (Å²) >= 11 is 0. The second-order valence-electron chi connectivity index (χ2n) is 8.50. The number of hydrogen-bond donors (Lipinski definition) is 2. The molecule has 2 aliphatic heterocycles. The second-order valence-corrected chi connectivity index (χ2v) is 10.4. The molecule has 0 saturated carbocycles. The molecule has 0 spiro atoms. The molecule has 0 aliphatic carbocycles. The number of amides is 2. The Balaban J connectivity index is 1.28. The summed E-state index contributed by atoms with van der Waals surface area (Å²) in [6.07, 6.45) is 3.05. The van der Waals surface area contributed by atoms with Crippen LogP contribution in [0.25, 0.3) is 0 Å². The normalized spacial score (nSPS) is 17.5. The third-order valence-electron chi connectivity index (χ3n) is 6.07. The number of sulfonamides is 1. The SMILES string of the molecule is O=C(Cc1ccc(S(=O)(=O)N2CCCCC2)cc1)NCc1ccc(N2CCNC(=O)C2)cc1. The summed E-state index contributed by atoms with van der Waals surface area (Å²) in [6, 6.07) is 14.4. The highest BCUT2D eigenvalue weighted by atomic mass is 32.2. The predicted octanol–water partition coefficient (Wildman–Crippen LogP) is 1.66. The molecule has 2 amide bonds. The molecule has 0 bridgehead atoms. The van der Waals surface area contributed by atoms with Crippen LogP contribution in [0.3, 0.4) is 0 Å². The van der Waals surface area contributed by atoms with Gasteiger partial charge < -0.3 is 15.5 Å². The van der Waals surface area contributed by atoms with Crippen LogP contribution < -0.4 is 15.5 Å². The smallest absolute Gasteiger partial charge is 0.243 e. The number of nitrogens with one attached hydrogen (secondary N) is 2. The molecule has 2 fully saturated rings. The van der Waals surface area contributed by atoms with Crippen LogP contribution in [0, 0.1) is 0 Å². The Morgan fingerprint density at radius 2 is 1.58 bits per heavy atom. The lowest BCUT2D eigenvalue weighted by Gasteiger charge is -2.28. The van der Waals surface area contributed by atoms with Gasteiger partial charge in [-0.3, -0.25) is 9.59 Å². The van der Waals surface area contributed by atoms with Gasteiger partial charge in [-0.05, 0) is 48.2 Å². The van der Waals surface area contributed by atoms with Gasteiger partial charge >= 0.3 is 0 Å². The second kappa shape index (κ2) is 10.4. The van der Waals surface area contributed by atoms with Crippen LogP contribution in [0.15, 0.2) is 53.4 Å². The monoisotopic (exact) mass is 470 g/mol. The van der Waals surface area contributed by atoms with E-state index < -0.39 is 10.0 Å². The zero-order valence-electron chi connectivity index (χ0n) is 18.6. The van der Waals surface area contributed by atoms with E-state index in [1.165, 1.54) is 0 Å². The van der Waals surface area contributed by atoms with E-state index >= 15 is 0 Å². The Kier molecular flexibility index (Phi) is 7.29. The van der Waals surface area contributed by atoms with Gasteiger partial charge in [-0.25, -0.2) is 8.42 Å². The van der Waals surface area contributed by atoms with Gasteiger partial charge in [0.2, 0.25) is 21.8 Å². The summed E-state index contributed by atoms with van der Waals surface area (Å²) in [5.41, 5.74) is 2.72. The Morgan fingerprint density at radius 1 is 0.909 bits per heavy atom. The number of rotatable bonds is 7. The van der Waals surface area contributed by atoms with Gasteiger partial charge in [0.15, 0.2) is 0 Å². The molecule has 0 atom stereocenters. The van der Waals surface area contributed by atoms with Crippen molar-refractivity contribution in [2.24, 2.45) is 0 Å². The Morgan fingerprint density at radius 3 is 2.24 bits per heavy atom. The van der Waals surface area contributed by atoms with Crippen LogP contribution in [0.2, 0.25) is 0 Å². The summed E-state index contributed by atoms with van der Waals surface area (Å²) in [7, 11) is -3.46. The Hall–Kier alpha value is -2.91. The van der Waals surface area contributed by atoms with Crippen LogP contribution >= 0.6 is 0 Å². The third-order valence-corrected chi connectivity index (χ3v) is 7.98. The summed E-state index contributed by atoms with van der Waals surface area (Å²) in [4.78, 5) is 26.2. The summed E-state index contributed by atoms with van der Waals surface area (Å²) in [6.45, 7) is 3.32. The molecule has 2 heterocycles. The molecule has 176 valence electrons. The van der Waals surface area contributed by atoms with Crippen molar-refractivity contribution in [2.75, 3.05) is 37.6 Å². The van der Waals surface area contributed by atoms with Gasteiger partial charge in [0.05, 0.1) is 17.9 Å². The van der Waals surface area contributed by atoms with Crippen molar-refractivity contribution < 1.29 is 18.0 Å². The number of benzene rings is 2. The van der Waals surface area contributed by atoms with E-state index in [1.807, 2.05) is 29.2 Å². The first kappa shape index (κ1) is 23.3. The quantitative estimate of drug-likeness (QED) is 0.641. The highest BCUT2D eigenvalue weighted by Gasteiger charge is 2.25. The average molecular weight is 471 g/mol. The van der Waals surface area contributed by atoms with Crippen molar-refractivity contribution in [3.05, 3.63) is 59.7 Å². The first-order valence-electron chi connectivity index (χ1n) is 11.4. The number of anilines is 1. The van der Waals surface area contributed by atoms with E-state index in [0.717, 1.165) is 42.6 Å². The van der Waals surface area contributed by atoms with Crippen LogP contribution in [0.4, 0.5) is 5.69 Å². The van der Waals surface area contributed by atoms with Gasteiger partial charge in [-0.2, -0.15) is 4.31 Å². The molecule has 33 heavy (non-hydrogen) atoms. The average Bonchev–Trinajstić information content (AvgIpc) is 2.84. The lowest BCUT2D eigenvalue weighted by molar-refractivity contribution is -0.121. The van der Waals surface area contributed by atoms with E-state index in [4.69, 9.17) is 0 Å². The minimum absolute atomic E-state index is 0.0229. The van der Waals surface area contributed by atoms with Crippen molar-refractivity contribution in [1.29, 1.82) is 0 Å². The lowest BCUT2D eigenvalue weighted by Crippen LogP contribution is -2.47. The maximum Gasteiger partial charge on any atom is 0.243 e. The van der Waals surface area contributed by atoms with Crippen molar-refractivity contribution in [3.63, 3.8) is 0 Å². The molecule has 8 nitrogen and oxygen atoms in total. The molecule has 0 aromatic heterocycles. The number of piperazine rings is 1. The molecule has 2 N–H and O–H groups in total. The van der Waals surface area contributed by atoms with Crippen LogP contribution in [0.1, 0.15) is 30.4 Å². The fourth-order valence-corrected chi connectivity index (χ4v) is 5.68. The molecule has 2 saturated heterocycles. The zero-order valence-corrected chi connectivity index (χ0v) is 19.4. The first-order chi connectivity index (χ1) is 15.9. The van der Waals surface area contributed by atoms with Crippen molar-refractivity contribution >= 4 is 27.5 Å². The number of hydrogen-bond acceptors (Lipinski definition) is 5. The summed E-state index contributed by atoms with van der Waals surface area (Å²) in [5, 5.41) is 5.72. The lowest BCUT2D eigenvalue weighted by atomic mass is 10.1. The number of carbonyl (C=O) groups is 2. The zero-order chi connectivity index (χ0) is 23.3. The van der Waals surface area contributed by atoms with Gasteiger partial charge in [0.1, 0.15) is 0 Å². The van der Waals surface area contributed by atoms with Gasteiger partial charge in [0, 0.05) is 38.4 Å². The first-order valence-corrected chi connectivity index (χ1v) is 12.8. The van der Waals surface area contributed by atoms with Gasteiger partial charge in [0.25, 0.3) is 0 Å². The largest absolute Gasteiger partial charge is 0.360 e. The van der Waals surface area contributed by atoms with E-state index in [2.05, 4.69) is 10.6 Å². The topological polar surface area (TPSA) is 98.8 Å². The summed E-state index contributed by atoms with van der Waals surface area (Å²) < 4.78 is 27.0. The molecule has 2 aromatic rings. The minimum Gasteiger partial charge on any atom is -0.360 e. The van der Waals surface area contributed by atoms with Gasteiger partial charge in [-0.1, -0.05) is 30.7 Å². The van der Waals surface area contributed by atoms with Crippen molar-refractivity contribution in [1.82, 2.24) is 14.9 Å². The third kappa shape index (κ3) is 5.91. The predicted molar refractivity (Wildman–Crippen MR) is 126 cm³/mol. The molecule has 2 aromatic carbocycles. The van der Waals surface area contributed by atoms with Crippen molar-refractivity contribution in [3.8, 4) is 0 Å². The van der Waals surface area contributed by atoms with Crippen LogP contribution in [-0.4, -0.2) is 57.3 Å². The fourth-order valence-electron chi connectivity index (χ4n) is 4.17. The molecule has 0 radical (unpaired) electrons. The molecular weight excluding hydrogens is 440 g/mol. The Bertz CT molecular complexity index is 1080. The number of nitrogens with zero attached hydrogens (tertiary/aromatic N) is 2. The van der Waals surface area contributed by atoms with Crippen LogP contribution in [-0.2, 0) is 32.6 Å². The van der Waals surface area contributed by atoms with E-state index in [9.17, 15) is 18.0 Å². The number of piperidine rings is 1. The molecule has 0 unspecified atom stereocenters. The highest BCUT2D eigenvalue weighted by molar-refractivity contribution is 7.89. The maximum atomic E-state index is 12.7. The van der Waals surface area contributed by atoms with E-state index in [-0.39, 0.29) is 23.1 Å².